The largest absolute Gasteiger partial charge is 1.00 e. The zero-order valence-electron chi connectivity index (χ0n) is 8.72. The summed E-state index contributed by atoms with van der Waals surface area (Å²) >= 11 is 3.99. The minimum absolute atomic E-state index is 0. The SMILES string of the molecule is C[C-](C)OO[S-].[Rb+].[Rb+].[Rb+].[Rb+].[Rb+]. The van der Waals surface area contributed by atoms with Gasteiger partial charge in [0, 0.05) is 0 Å². The van der Waals surface area contributed by atoms with E-state index in [1.165, 1.54) is 0 Å². The molecule has 0 amide bonds. The first kappa shape index (κ1) is 37.0. The monoisotopic (exact) mass is 531 g/mol. The van der Waals surface area contributed by atoms with E-state index in [0.717, 1.165) is 0 Å². The van der Waals surface area contributed by atoms with Gasteiger partial charge in [0.2, 0.25) is 0 Å². The molecular formula is C3H6O2Rb5S+3. The summed E-state index contributed by atoms with van der Waals surface area (Å²) in [5.74, 6) is 0. The van der Waals surface area contributed by atoms with E-state index in [0.29, 0.717) is 6.10 Å². The van der Waals surface area contributed by atoms with Crippen molar-refractivity contribution in [1.82, 2.24) is 0 Å². The first-order valence-electron chi connectivity index (χ1n) is 1.54. The van der Waals surface area contributed by atoms with E-state index in [4.69, 9.17) is 0 Å². The molecule has 0 aromatic rings. The molecule has 0 aromatic heterocycles. The summed E-state index contributed by atoms with van der Waals surface area (Å²) in [7, 11) is 0. The minimum atomic E-state index is 0. The van der Waals surface area contributed by atoms with Crippen molar-refractivity contribution in [3.8, 4) is 0 Å². The van der Waals surface area contributed by atoms with E-state index in [2.05, 4.69) is 22.1 Å². The fourth-order valence-corrected chi connectivity index (χ4v) is 0.204. The van der Waals surface area contributed by atoms with Gasteiger partial charge in [0.05, 0.1) is 0 Å². The van der Waals surface area contributed by atoms with Crippen LogP contribution in [0.25, 0.3) is 0 Å². The molecule has 0 aliphatic rings. The third-order valence-electron chi connectivity index (χ3n) is 0.201. The fraction of sp³-hybridized carbons (Fsp3) is 0.667. The van der Waals surface area contributed by atoms with Gasteiger partial charge in [-0.3, -0.25) is 0 Å². The van der Waals surface area contributed by atoms with Gasteiger partial charge < -0.3 is 22.1 Å². The van der Waals surface area contributed by atoms with Crippen molar-refractivity contribution in [1.29, 1.82) is 0 Å². The van der Waals surface area contributed by atoms with Crippen LogP contribution < -0.4 is 291 Å². The summed E-state index contributed by atoms with van der Waals surface area (Å²) in [5, 5.41) is 0. The Morgan fingerprint density at radius 1 is 0.909 bits per heavy atom. The van der Waals surface area contributed by atoms with Crippen LogP contribution in [0.2, 0.25) is 0 Å². The van der Waals surface area contributed by atoms with Crippen molar-refractivity contribution in [2.24, 2.45) is 0 Å². The maximum absolute atomic E-state index is 4.27. The molecular weight excluding hydrogens is 527 g/mol. The van der Waals surface area contributed by atoms with Gasteiger partial charge in [-0.2, -0.15) is 20.0 Å². The Hall–Kier alpha value is 9.30. The van der Waals surface area contributed by atoms with Gasteiger partial charge in [-0.05, 0) is 0 Å². The molecule has 0 rings (SSSR count). The minimum Gasteiger partial charge on any atom is -0.586 e. The van der Waals surface area contributed by atoms with Crippen LogP contribution >= 0.6 is 0 Å². The van der Waals surface area contributed by atoms with Crippen molar-refractivity contribution in [3.63, 3.8) is 0 Å². The van der Waals surface area contributed by atoms with Crippen molar-refractivity contribution < 1.29 is 300 Å². The second-order valence-electron chi connectivity index (χ2n) is 1.06. The van der Waals surface area contributed by atoms with Gasteiger partial charge in [0.1, 0.15) is 0 Å². The number of hydrogen-bond donors (Lipinski definition) is 0. The summed E-state index contributed by atoms with van der Waals surface area (Å²) in [6.45, 7) is 3.51. The van der Waals surface area contributed by atoms with E-state index in [-0.39, 0.29) is 291 Å². The Kier molecular flexibility index (Phi) is 106. The summed E-state index contributed by atoms with van der Waals surface area (Å²) in [6, 6.07) is 0. The second-order valence-corrected chi connectivity index (χ2v) is 1.20. The Morgan fingerprint density at radius 2 is 1.18 bits per heavy atom. The molecule has 38 valence electrons. The third kappa shape index (κ3) is 38.2. The molecule has 0 radical (unpaired) electrons. The van der Waals surface area contributed by atoms with E-state index in [1.807, 2.05) is 0 Å². The summed E-state index contributed by atoms with van der Waals surface area (Å²) in [4.78, 5) is 4.27. The molecule has 8 heteroatoms. The molecule has 0 saturated carbocycles. The molecule has 11 heavy (non-hydrogen) atoms. The first-order valence-corrected chi connectivity index (χ1v) is 1.87. The molecule has 0 aromatic carbocycles. The van der Waals surface area contributed by atoms with Gasteiger partial charge >= 0.3 is 291 Å². The third-order valence-corrected chi connectivity index (χ3v) is 0.269. The van der Waals surface area contributed by atoms with Crippen LogP contribution in [0.4, 0.5) is 0 Å². The summed E-state index contributed by atoms with van der Waals surface area (Å²) in [5.41, 5.74) is 0. The van der Waals surface area contributed by atoms with E-state index in [1.54, 1.807) is 13.8 Å². The fourth-order valence-electron chi connectivity index (χ4n) is 0.0680. The normalized spacial score (nSPS) is 5.45. The topological polar surface area (TPSA) is 18.5 Å². The quantitative estimate of drug-likeness (QED) is 0.152. The Labute approximate surface area is 319 Å². The van der Waals surface area contributed by atoms with Crippen LogP contribution in [0.5, 0.6) is 0 Å². The van der Waals surface area contributed by atoms with Gasteiger partial charge in [-0.1, -0.05) is 0 Å². The van der Waals surface area contributed by atoms with Crippen molar-refractivity contribution in [2.75, 3.05) is 0 Å². The van der Waals surface area contributed by atoms with Crippen LogP contribution in [-0.4, -0.2) is 0 Å². The van der Waals surface area contributed by atoms with Crippen molar-refractivity contribution in [3.05, 3.63) is 6.10 Å². The zero-order valence-corrected chi connectivity index (χ0v) is 34.1. The Balaban J connectivity index is -0.0000000125. The van der Waals surface area contributed by atoms with Crippen LogP contribution in [-0.2, 0) is 22.1 Å². The summed E-state index contributed by atoms with van der Waals surface area (Å²) in [6.07, 6.45) is 0.713. The van der Waals surface area contributed by atoms with Crippen molar-refractivity contribution >= 4 is 12.9 Å². The molecule has 0 spiro atoms. The van der Waals surface area contributed by atoms with E-state index < -0.39 is 0 Å². The number of hydrogen-bond acceptors (Lipinski definition) is 3. The van der Waals surface area contributed by atoms with Crippen LogP contribution in [0.15, 0.2) is 0 Å². The summed E-state index contributed by atoms with van der Waals surface area (Å²) < 4.78 is 3.85. The molecule has 0 N–H and O–H groups in total. The average Bonchev–Trinajstić information content (AvgIpc) is 1.35. The zero-order chi connectivity index (χ0) is 4.99. The maximum Gasteiger partial charge on any atom is 1.00 e. The standard InChI is InChI=1S/C3H7O2S.5Rb/c1-3(2)4-5-6;;;;;/h6H,1-2H3;;;;;/q-1;5*+1/p-1. The van der Waals surface area contributed by atoms with Gasteiger partial charge in [0.15, 0.2) is 0 Å². The molecule has 2 nitrogen and oxygen atoms in total. The molecule has 0 fully saturated rings. The predicted octanol–water partition coefficient (Wildman–Crippen LogP) is -14.0. The Morgan fingerprint density at radius 3 is 1.18 bits per heavy atom. The second kappa shape index (κ2) is 31.6. The smallest absolute Gasteiger partial charge is 0.586 e. The van der Waals surface area contributed by atoms with Crippen LogP contribution in [0, 0.1) is 6.10 Å². The molecule has 0 heterocycles. The predicted molar refractivity (Wildman–Crippen MR) is 24.1 cm³/mol. The van der Waals surface area contributed by atoms with Gasteiger partial charge in [-0.25, -0.2) is 0 Å². The first-order chi connectivity index (χ1) is 2.77. The maximum atomic E-state index is 4.27. The molecule has 0 saturated heterocycles. The average molecular weight is 533 g/mol. The molecule has 0 aliphatic heterocycles. The molecule has 0 bridgehead atoms. The van der Waals surface area contributed by atoms with Gasteiger partial charge in [-0.15, -0.1) is 0 Å². The number of rotatable bonds is 2. The van der Waals surface area contributed by atoms with Gasteiger partial charge in [0.25, 0.3) is 0 Å². The van der Waals surface area contributed by atoms with E-state index >= 15 is 0 Å². The molecule has 0 aliphatic carbocycles. The molecule has 0 unspecified atom stereocenters. The van der Waals surface area contributed by atoms with Crippen LogP contribution in [0.3, 0.4) is 0 Å². The van der Waals surface area contributed by atoms with E-state index in [9.17, 15) is 0 Å². The van der Waals surface area contributed by atoms with Crippen molar-refractivity contribution in [2.45, 2.75) is 13.8 Å². The Bertz CT molecular complexity index is 40.9. The van der Waals surface area contributed by atoms with Crippen LogP contribution in [0.1, 0.15) is 13.8 Å². The molecule has 0 atom stereocenters.